The minimum absolute atomic E-state index is 0.107. The fraction of sp³-hybridized carbons (Fsp3) is 0.333. The Balaban J connectivity index is 2.19. The Morgan fingerprint density at radius 3 is 2.53 bits per heavy atom. The Kier molecular flexibility index (Phi) is 4.00. The number of cyclic esters (lactones) is 1. The van der Waals surface area contributed by atoms with Crippen molar-refractivity contribution < 1.29 is 14.3 Å². The Bertz CT molecular complexity index is 527. The van der Waals surface area contributed by atoms with E-state index in [0.717, 1.165) is 11.3 Å². The number of carbonyl (C=O) groups is 1. The van der Waals surface area contributed by atoms with Crippen LogP contribution in [-0.4, -0.2) is 18.5 Å². The molecule has 1 aliphatic rings. The van der Waals surface area contributed by atoms with Gasteiger partial charge in [-0.3, -0.25) is 0 Å². The number of rotatable bonds is 4. The lowest BCUT2D eigenvalue weighted by molar-refractivity contribution is -0.130. The van der Waals surface area contributed by atoms with E-state index in [0.29, 0.717) is 18.2 Å². The molecule has 0 amide bonds. The maximum Gasteiger partial charge on any atom is 0.363 e. The quantitative estimate of drug-likeness (QED) is 0.616. The highest BCUT2D eigenvalue weighted by atomic mass is 16.6. The molecule has 0 saturated heterocycles. The van der Waals surface area contributed by atoms with Crippen molar-refractivity contribution in [1.82, 2.24) is 0 Å². The fourth-order valence-corrected chi connectivity index (χ4v) is 1.66. The van der Waals surface area contributed by atoms with Gasteiger partial charge in [-0.05, 0) is 30.7 Å². The lowest BCUT2D eigenvalue weighted by atomic mass is 10.2. The minimum atomic E-state index is -0.391. The van der Waals surface area contributed by atoms with Gasteiger partial charge in [-0.25, -0.2) is 9.79 Å². The first kappa shape index (κ1) is 13.3. The summed E-state index contributed by atoms with van der Waals surface area (Å²) >= 11 is 0. The van der Waals surface area contributed by atoms with Gasteiger partial charge in [0.05, 0.1) is 6.61 Å². The van der Waals surface area contributed by atoms with Crippen LogP contribution in [0.2, 0.25) is 0 Å². The Hall–Kier alpha value is -2.10. The van der Waals surface area contributed by atoms with Crippen LogP contribution < -0.4 is 4.74 Å². The maximum atomic E-state index is 11.6. The molecule has 0 spiro atoms. The number of benzene rings is 1. The summed E-state index contributed by atoms with van der Waals surface area (Å²) in [7, 11) is 0. The Morgan fingerprint density at radius 2 is 2.00 bits per heavy atom. The van der Waals surface area contributed by atoms with Crippen LogP contribution in [0, 0.1) is 5.92 Å². The summed E-state index contributed by atoms with van der Waals surface area (Å²) in [5.74, 6) is 1.000. The van der Waals surface area contributed by atoms with Gasteiger partial charge in [-0.15, -0.1) is 0 Å². The number of esters is 1. The maximum absolute atomic E-state index is 11.6. The van der Waals surface area contributed by atoms with Crippen molar-refractivity contribution >= 4 is 17.9 Å². The molecule has 0 unspecified atom stereocenters. The molecule has 0 bridgehead atoms. The molecule has 0 saturated carbocycles. The van der Waals surface area contributed by atoms with Gasteiger partial charge in [-0.2, -0.15) is 0 Å². The van der Waals surface area contributed by atoms with E-state index in [1.807, 2.05) is 45.0 Å². The average Bonchev–Trinajstić information content (AvgIpc) is 2.74. The van der Waals surface area contributed by atoms with Gasteiger partial charge in [0.15, 0.2) is 5.70 Å². The van der Waals surface area contributed by atoms with Gasteiger partial charge < -0.3 is 9.47 Å². The van der Waals surface area contributed by atoms with Gasteiger partial charge >= 0.3 is 5.97 Å². The third kappa shape index (κ3) is 3.22. The summed E-state index contributed by atoms with van der Waals surface area (Å²) in [6.07, 6.45) is 1.72. The molecule has 1 heterocycles. The van der Waals surface area contributed by atoms with Crippen molar-refractivity contribution in [1.29, 1.82) is 0 Å². The van der Waals surface area contributed by atoms with Gasteiger partial charge in [-0.1, -0.05) is 26.0 Å². The van der Waals surface area contributed by atoms with Crippen molar-refractivity contribution in [2.24, 2.45) is 10.9 Å². The summed E-state index contributed by atoms with van der Waals surface area (Å²) in [5, 5.41) is 0. The lowest BCUT2D eigenvalue weighted by Gasteiger charge is -2.02. The molecule has 0 radical (unpaired) electrons. The van der Waals surface area contributed by atoms with Crippen molar-refractivity contribution in [2.75, 3.05) is 6.61 Å². The Morgan fingerprint density at radius 1 is 1.32 bits per heavy atom. The third-order valence-corrected chi connectivity index (χ3v) is 2.63. The van der Waals surface area contributed by atoms with E-state index in [-0.39, 0.29) is 5.92 Å². The molecule has 19 heavy (non-hydrogen) atoms. The van der Waals surface area contributed by atoms with E-state index in [1.165, 1.54) is 0 Å². The molecule has 4 heteroatoms. The highest BCUT2D eigenvalue weighted by Crippen LogP contribution is 2.20. The standard InChI is InChI=1S/C15H17NO3/c1-4-18-12-7-5-11(6-8-12)9-13-15(17)19-14(16-13)10(2)3/h5-10H,4H2,1-3H3/b13-9+. The van der Waals surface area contributed by atoms with Crippen molar-refractivity contribution in [3.8, 4) is 5.75 Å². The number of carbonyl (C=O) groups excluding carboxylic acids is 1. The number of aliphatic imine (C=N–C) groups is 1. The van der Waals surface area contributed by atoms with Crippen LogP contribution in [0.5, 0.6) is 5.75 Å². The monoisotopic (exact) mass is 259 g/mol. The predicted octanol–water partition coefficient (Wildman–Crippen LogP) is 3.04. The molecule has 1 aromatic rings. The molecule has 0 fully saturated rings. The molecule has 1 aromatic carbocycles. The highest BCUT2D eigenvalue weighted by molar-refractivity contribution is 6.07. The fourth-order valence-electron chi connectivity index (χ4n) is 1.66. The summed E-state index contributed by atoms with van der Waals surface area (Å²) in [6, 6.07) is 7.49. The smallest absolute Gasteiger partial charge is 0.363 e. The van der Waals surface area contributed by atoms with E-state index in [2.05, 4.69) is 4.99 Å². The van der Waals surface area contributed by atoms with Crippen LogP contribution in [0.25, 0.3) is 6.08 Å². The molecule has 0 aromatic heterocycles. The zero-order valence-electron chi connectivity index (χ0n) is 11.3. The zero-order chi connectivity index (χ0) is 13.8. The van der Waals surface area contributed by atoms with Crippen LogP contribution in [0.15, 0.2) is 35.0 Å². The van der Waals surface area contributed by atoms with Crippen LogP contribution in [0.1, 0.15) is 26.3 Å². The first-order valence-electron chi connectivity index (χ1n) is 6.35. The van der Waals surface area contributed by atoms with Crippen LogP contribution in [0.4, 0.5) is 0 Å². The largest absolute Gasteiger partial charge is 0.494 e. The molecule has 1 aliphatic heterocycles. The predicted molar refractivity (Wildman–Crippen MR) is 74.0 cm³/mol. The molecular weight excluding hydrogens is 242 g/mol. The average molecular weight is 259 g/mol. The third-order valence-electron chi connectivity index (χ3n) is 2.63. The van der Waals surface area contributed by atoms with Crippen molar-refractivity contribution in [3.05, 3.63) is 35.5 Å². The summed E-state index contributed by atoms with van der Waals surface area (Å²) in [4.78, 5) is 15.8. The summed E-state index contributed by atoms with van der Waals surface area (Å²) < 4.78 is 10.4. The second-order valence-corrected chi connectivity index (χ2v) is 4.53. The molecule has 0 N–H and O–H groups in total. The first-order valence-corrected chi connectivity index (χ1v) is 6.35. The van der Waals surface area contributed by atoms with E-state index in [9.17, 15) is 4.79 Å². The van der Waals surface area contributed by atoms with E-state index >= 15 is 0 Å². The molecule has 0 aliphatic carbocycles. The highest BCUT2D eigenvalue weighted by Gasteiger charge is 2.24. The molecular formula is C15H17NO3. The number of ether oxygens (including phenoxy) is 2. The van der Waals surface area contributed by atoms with Crippen LogP contribution in [0.3, 0.4) is 0 Å². The van der Waals surface area contributed by atoms with E-state index in [4.69, 9.17) is 9.47 Å². The normalized spacial score (nSPS) is 16.7. The first-order chi connectivity index (χ1) is 9.10. The number of nitrogens with zero attached hydrogens (tertiary/aromatic N) is 1. The SMILES string of the molecule is CCOc1ccc(/C=C2/N=C(C(C)C)OC2=O)cc1. The molecule has 4 nitrogen and oxygen atoms in total. The number of hydrogen-bond acceptors (Lipinski definition) is 4. The summed E-state index contributed by atoms with van der Waals surface area (Å²) in [5.41, 5.74) is 1.23. The molecule has 0 atom stereocenters. The second kappa shape index (κ2) is 5.69. The topological polar surface area (TPSA) is 47.9 Å². The summed E-state index contributed by atoms with van der Waals surface area (Å²) in [6.45, 7) is 6.44. The van der Waals surface area contributed by atoms with Gasteiger partial charge in [0.25, 0.3) is 0 Å². The minimum Gasteiger partial charge on any atom is -0.494 e. The van der Waals surface area contributed by atoms with Gasteiger partial charge in [0.1, 0.15) is 5.75 Å². The van der Waals surface area contributed by atoms with Gasteiger partial charge in [0.2, 0.25) is 5.90 Å². The van der Waals surface area contributed by atoms with Gasteiger partial charge in [0, 0.05) is 5.92 Å². The lowest BCUT2D eigenvalue weighted by Crippen LogP contribution is -2.09. The molecule has 100 valence electrons. The van der Waals surface area contributed by atoms with Crippen molar-refractivity contribution in [2.45, 2.75) is 20.8 Å². The van der Waals surface area contributed by atoms with Crippen molar-refractivity contribution in [3.63, 3.8) is 0 Å². The van der Waals surface area contributed by atoms with Crippen LogP contribution >= 0.6 is 0 Å². The van der Waals surface area contributed by atoms with E-state index < -0.39 is 5.97 Å². The number of hydrogen-bond donors (Lipinski definition) is 0. The zero-order valence-corrected chi connectivity index (χ0v) is 11.3. The molecule has 2 rings (SSSR count). The van der Waals surface area contributed by atoms with Crippen LogP contribution in [-0.2, 0) is 9.53 Å². The van der Waals surface area contributed by atoms with E-state index in [1.54, 1.807) is 6.08 Å². The second-order valence-electron chi connectivity index (χ2n) is 4.53. The Labute approximate surface area is 112 Å².